The maximum absolute atomic E-state index is 12.1. The van der Waals surface area contributed by atoms with Crippen molar-refractivity contribution in [1.29, 1.82) is 0 Å². The lowest BCUT2D eigenvalue weighted by Gasteiger charge is -2.39. The topological polar surface area (TPSA) is 125 Å². The summed E-state index contributed by atoms with van der Waals surface area (Å²) in [5.41, 5.74) is 13.3. The molecule has 0 radical (unpaired) electrons. The molecule has 0 saturated heterocycles. The molecule has 0 aromatic carbocycles. The molecule has 1 amide bonds. The molecule has 5 N–H and O–H groups in total. The third-order valence-corrected chi connectivity index (χ3v) is 6.03. The summed E-state index contributed by atoms with van der Waals surface area (Å²) >= 11 is 0. The van der Waals surface area contributed by atoms with Crippen molar-refractivity contribution in [2.24, 2.45) is 16.9 Å². The number of nitrogens with two attached hydrogens (primary N) is 2. The van der Waals surface area contributed by atoms with Gasteiger partial charge in [-0.25, -0.2) is 9.31 Å². The summed E-state index contributed by atoms with van der Waals surface area (Å²) in [6.07, 6.45) is 4.71. The van der Waals surface area contributed by atoms with Crippen LogP contribution in [0.3, 0.4) is 0 Å². The molecular formula is C19H27N5O3. The van der Waals surface area contributed by atoms with Crippen LogP contribution in [-0.4, -0.2) is 39.7 Å². The second-order valence-electron chi connectivity index (χ2n) is 7.95. The van der Waals surface area contributed by atoms with Crippen molar-refractivity contribution in [3.05, 3.63) is 29.6 Å². The predicted molar refractivity (Wildman–Crippen MR) is 103 cm³/mol. The van der Waals surface area contributed by atoms with Gasteiger partial charge in [0.25, 0.3) is 5.91 Å². The first-order valence-electron chi connectivity index (χ1n) is 9.12. The third-order valence-electron chi connectivity index (χ3n) is 6.03. The number of carbonyl (C=O) groups is 2. The van der Waals surface area contributed by atoms with Crippen molar-refractivity contribution in [3.8, 4) is 0 Å². The highest BCUT2D eigenvalue weighted by Crippen LogP contribution is 2.46. The fourth-order valence-electron chi connectivity index (χ4n) is 3.67. The molecule has 0 bridgehead atoms. The molecule has 2 aromatic heterocycles. The van der Waals surface area contributed by atoms with Crippen LogP contribution in [0.25, 0.3) is 5.52 Å². The van der Waals surface area contributed by atoms with Crippen molar-refractivity contribution < 1.29 is 14.3 Å². The number of ether oxygens (including phenoxy) is 1. The van der Waals surface area contributed by atoms with Gasteiger partial charge in [-0.15, -0.1) is 0 Å². The van der Waals surface area contributed by atoms with E-state index in [9.17, 15) is 9.59 Å². The van der Waals surface area contributed by atoms with Crippen LogP contribution < -0.4 is 16.8 Å². The lowest BCUT2D eigenvalue weighted by Crippen LogP contribution is -2.51. The SMILES string of the molecule is CCOC(=O)c1cc2c(NC3CCC(C)(N)C3(C)C)c(C(N)=O)cnn2c1. The molecule has 2 heterocycles. The number of esters is 1. The van der Waals surface area contributed by atoms with Crippen LogP contribution in [0.4, 0.5) is 5.69 Å². The van der Waals surface area contributed by atoms with Gasteiger partial charge in [-0.05, 0) is 32.8 Å². The number of primary amides is 1. The summed E-state index contributed by atoms with van der Waals surface area (Å²) in [7, 11) is 0. The Balaban J connectivity index is 2.08. The standard InChI is InChI=1S/C19H27N5O3/c1-5-27-17(26)11-8-13-15(12(16(20)25)9-22-24(13)10-11)23-14-6-7-19(4,21)18(14,2)3/h8-10,14,23H,5-7,21H2,1-4H3,(H2,20,25). The quantitative estimate of drug-likeness (QED) is 0.688. The normalized spacial score (nSPS) is 24.1. The van der Waals surface area contributed by atoms with Crippen LogP contribution in [0.5, 0.6) is 0 Å². The lowest BCUT2D eigenvalue weighted by molar-refractivity contribution is 0.0526. The average molecular weight is 373 g/mol. The van der Waals surface area contributed by atoms with E-state index in [1.54, 1.807) is 23.7 Å². The number of nitrogens with one attached hydrogen (secondary N) is 1. The Morgan fingerprint density at radius 1 is 1.41 bits per heavy atom. The molecule has 1 saturated carbocycles. The highest BCUT2D eigenvalue weighted by molar-refractivity contribution is 6.03. The number of hydrogen-bond acceptors (Lipinski definition) is 6. The average Bonchev–Trinajstić information content (AvgIpc) is 3.09. The summed E-state index contributed by atoms with van der Waals surface area (Å²) < 4.78 is 6.61. The number of fused-ring (bicyclic) bond motifs is 1. The first-order chi connectivity index (χ1) is 12.6. The molecule has 1 fully saturated rings. The van der Waals surface area contributed by atoms with Crippen LogP contribution in [0.2, 0.25) is 0 Å². The van der Waals surface area contributed by atoms with Gasteiger partial charge in [-0.2, -0.15) is 5.10 Å². The fourth-order valence-corrected chi connectivity index (χ4v) is 3.67. The van der Waals surface area contributed by atoms with E-state index in [4.69, 9.17) is 16.2 Å². The van der Waals surface area contributed by atoms with E-state index in [1.807, 2.05) is 6.92 Å². The second-order valence-corrected chi connectivity index (χ2v) is 7.95. The maximum Gasteiger partial charge on any atom is 0.339 e. The van der Waals surface area contributed by atoms with Crippen molar-refractivity contribution >= 4 is 23.1 Å². The van der Waals surface area contributed by atoms with Gasteiger partial charge in [0, 0.05) is 23.2 Å². The number of aromatic nitrogens is 2. The van der Waals surface area contributed by atoms with Crippen molar-refractivity contribution in [2.45, 2.75) is 52.1 Å². The van der Waals surface area contributed by atoms with E-state index in [0.29, 0.717) is 16.8 Å². The summed E-state index contributed by atoms with van der Waals surface area (Å²) in [4.78, 5) is 24.1. The minimum Gasteiger partial charge on any atom is -0.462 e. The van der Waals surface area contributed by atoms with Crippen molar-refractivity contribution in [1.82, 2.24) is 9.61 Å². The highest BCUT2D eigenvalue weighted by Gasteiger charge is 2.49. The Hall–Kier alpha value is -2.61. The van der Waals surface area contributed by atoms with Gasteiger partial charge in [-0.1, -0.05) is 13.8 Å². The number of carbonyl (C=O) groups excluding carboxylic acids is 2. The Labute approximate surface area is 158 Å². The van der Waals surface area contributed by atoms with Crippen LogP contribution in [0, 0.1) is 5.41 Å². The van der Waals surface area contributed by atoms with Gasteiger partial charge in [-0.3, -0.25) is 4.79 Å². The van der Waals surface area contributed by atoms with E-state index in [0.717, 1.165) is 12.8 Å². The lowest BCUT2D eigenvalue weighted by atomic mass is 9.75. The largest absolute Gasteiger partial charge is 0.462 e. The summed E-state index contributed by atoms with van der Waals surface area (Å²) in [6.45, 7) is 8.30. The molecule has 146 valence electrons. The van der Waals surface area contributed by atoms with E-state index >= 15 is 0 Å². The molecular weight excluding hydrogens is 346 g/mol. The van der Waals surface area contributed by atoms with Crippen LogP contribution >= 0.6 is 0 Å². The first-order valence-corrected chi connectivity index (χ1v) is 9.12. The molecule has 2 unspecified atom stereocenters. The van der Waals surface area contributed by atoms with Gasteiger partial charge in [0.2, 0.25) is 0 Å². The zero-order valence-electron chi connectivity index (χ0n) is 16.2. The van der Waals surface area contributed by atoms with Gasteiger partial charge in [0.1, 0.15) is 0 Å². The van der Waals surface area contributed by atoms with E-state index < -0.39 is 11.9 Å². The number of anilines is 1. The second kappa shape index (κ2) is 6.53. The molecule has 2 atom stereocenters. The van der Waals surface area contributed by atoms with Gasteiger partial charge in [0.05, 0.1) is 35.1 Å². The molecule has 2 aromatic rings. The predicted octanol–water partition coefficient (Wildman–Crippen LogP) is 1.93. The summed E-state index contributed by atoms with van der Waals surface area (Å²) in [6, 6.07) is 1.70. The molecule has 27 heavy (non-hydrogen) atoms. The Kier molecular flexibility index (Phi) is 4.63. The molecule has 0 aliphatic heterocycles. The van der Waals surface area contributed by atoms with Gasteiger partial charge < -0.3 is 21.5 Å². The van der Waals surface area contributed by atoms with E-state index in [2.05, 4.69) is 24.3 Å². The number of rotatable bonds is 5. The van der Waals surface area contributed by atoms with Crippen molar-refractivity contribution in [3.63, 3.8) is 0 Å². The molecule has 1 aliphatic carbocycles. The first kappa shape index (κ1) is 19.2. The summed E-state index contributed by atoms with van der Waals surface area (Å²) in [5.74, 6) is -1.02. The van der Waals surface area contributed by atoms with Gasteiger partial charge in [0.15, 0.2) is 0 Å². The smallest absolute Gasteiger partial charge is 0.339 e. The minimum absolute atomic E-state index is 0.0396. The summed E-state index contributed by atoms with van der Waals surface area (Å²) in [5, 5.41) is 7.68. The number of amides is 1. The van der Waals surface area contributed by atoms with Crippen LogP contribution in [0.15, 0.2) is 18.5 Å². The fraction of sp³-hybridized carbons (Fsp3) is 0.526. The molecule has 8 heteroatoms. The maximum atomic E-state index is 12.1. The Bertz CT molecular complexity index is 900. The molecule has 0 spiro atoms. The van der Waals surface area contributed by atoms with Crippen LogP contribution in [0.1, 0.15) is 61.3 Å². The van der Waals surface area contributed by atoms with Crippen LogP contribution in [-0.2, 0) is 4.74 Å². The van der Waals surface area contributed by atoms with E-state index in [-0.39, 0.29) is 29.2 Å². The monoisotopic (exact) mass is 373 g/mol. The van der Waals surface area contributed by atoms with E-state index in [1.165, 1.54) is 6.20 Å². The zero-order valence-corrected chi connectivity index (χ0v) is 16.2. The Morgan fingerprint density at radius 3 is 2.67 bits per heavy atom. The highest BCUT2D eigenvalue weighted by atomic mass is 16.5. The number of hydrogen-bond donors (Lipinski definition) is 3. The number of nitrogens with zero attached hydrogens (tertiary/aromatic N) is 2. The zero-order chi connectivity index (χ0) is 20.0. The van der Waals surface area contributed by atoms with Gasteiger partial charge >= 0.3 is 5.97 Å². The minimum atomic E-state index is -0.585. The molecule has 3 rings (SSSR count). The van der Waals surface area contributed by atoms with Crippen molar-refractivity contribution in [2.75, 3.05) is 11.9 Å². The molecule has 8 nitrogen and oxygen atoms in total. The molecule has 1 aliphatic rings. The Morgan fingerprint density at radius 2 is 2.11 bits per heavy atom. The third kappa shape index (κ3) is 3.14.